The molecule has 49 heavy (non-hydrogen) atoms. The predicted molar refractivity (Wildman–Crippen MR) is 165 cm³/mol. The van der Waals surface area contributed by atoms with Gasteiger partial charge in [0.2, 0.25) is 18.4 Å². The van der Waals surface area contributed by atoms with Crippen LogP contribution in [0.25, 0.3) is 0 Å². The van der Waals surface area contributed by atoms with Gasteiger partial charge in [-0.2, -0.15) is 0 Å². The van der Waals surface area contributed by atoms with Crippen molar-refractivity contribution in [3.05, 3.63) is 63.3 Å². The molecule has 1 aromatic heterocycles. The van der Waals surface area contributed by atoms with Crippen LogP contribution < -0.4 is 36.1 Å². The first kappa shape index (κ1) is 32.5. The minimum atomic E-state index is -1.96. The SMILES string of the molecule is COc1cc(C2(N)c3cc4c(cc3C(OC3OC5C(OC(c6cccs6)OC5(N)N)C(O)C3O)C3COC(=O)C32)OCO4)cc(OC)c1O. The second-order valence-electron chi connectivity index (χ2n) is 12.5. The fourth-order valence-electron chi connectivity index (χ4n) is 7.50. The number of carbonyl (C=O) groups is 1. The number of aromatic hydroxyl groups is 1. The van der Waals surface area contributed by atoms with E-state index in [1.165, 1.54) is 37.7 Å². The molecule has 1 aliphatic carbocycles. The summed E-state index contributed by atoms with van der Waals surface area (Å²) in [6.45, 7) is -0.171. The van der Waals surface area contributed by atoms with Gasteiger partial charge < -0.3 is 63.7 Å². The maximum absolute atomic E-state index is 13.7. The number of methoxy groups -OCH3 is 2. The summed E-state index contributed by atoms with van der Waals surface area (Å²) in [7, 11) is 2.75. The number of hydrogen-bond donors (Lipinski definition) is 6. The quantitative estimate of drug-likeness (QED) is 0.151. The molecule has 0 saturated carbocycles. The predicted octanol–water partition coefficient (Wildman–Crippen LogP) is 0.395. The standard InChI is InChI=1S/C32H35N3O13S/c1-40-18-6-12(7-19(41-2)22(18)36)31(33)15-9-17-16(43-11-44-17)8-13(15)25(14-10-42-28(39)21(14)31)45-30-24(38)23(37)26-27(47-30)32(34,35)48-29(46-26)20-4-3-5-49-20/h3-9,14,21,23-27,29-30,36-38H,10-11,33-35H2,1-2H3. The molecule has 2 aromatic carbocycles. The maximum atomic E-state index is 13.7. The van der Waals surface area contributed by atoms with Crippen molar-refractivity contribution < 1.29 is 62.7 Å². The Balaban J connectivity index is 1.20. The summed E-state index contributed by atoms with van der Waals surface area (Å²) in [4.78, 5) is 14.3. The molecule has 5 aliphatic rings. The van der Waals surface area contributed by atoms with Crippen LogP contribution in [0.2, 0.25) is 0 Å². The third kappa shape index (κ3) is 4.88. The van der Waals surface area contributed by atoms with Gasteiger partial charge in [-0.25, -0.2) is 0 Å². The molecule has 262 valence electrons. The Bertz CT molecular complexity index is 1750. The van der Waals surface area contributed by atoms with E-state index in [0.717, 1.165) is 0 Å². The Morgan fingerprint density at radius 2 is 1.67 bits per heavy atom. The first-order chi connectivity index (χ1) is 23.5. The average Bonchev–Trinajstić information content (AvgIpc) is 3.86. The topological polar surface area (TPSA) is 239 Å². The minimum absolute atomic E-state index is 0.0572. The second-order valence-corrected chi connectivity index (χ2v) is 13.5. The largest absolute Gasteiger partial charge is 0.502 e. The molecule has 0 bridgehead atoms. The molecule has 0 amide bonds. The molecule has 10 unspecified atom stereocenters. The maximum Gasteiger partial charge on any atom is 0.312 e. The Labute approximate surface area is 283 Å². The molecule has 10 atom stereocenters. The minimum Gasteiger partial charge on any atom is -0.502 e. The number of rotatable bonds is 6. The van der Waals surface area contributed by atoms with Crippen LogP contribution in [-0.2, 0) is 34.0 Å². The third-order valence-electron chi connectivity index (χ3n) is 9.87. The summed E-state index contributed by atoms with van der Waals surface area (Å²) in [6, 6.07) is 9.94. The average molecular weight is 702 g/mol. The number of cyclic esters (lactones) is 1. The van der Waals surface area contributed by atoms with E-state index in [1.54, 1.807) is 24.3 Å². The number of esters is 1. The van der Waals surface area contributed by atoms with Crippen LogP contribution in [0.15, 0.2) is 41.8 Å². The Morgan fingerprint density at radius 1 is 0.959 bits per heavy atom. The highest BCUT2D eigenvalue weighted by Gasteiger charge is 2.62. The highest BCUT2D eigenvalue weighted by Crippen LogP contribution is 2.58. The van der Waals surface area contributed by atoms with Gasteiger partial charge in [0, 0.05) is 5.92 Å². The number of phenols is 1. The van der Waals surface area contributed by atoms with Gasteiger partial charge in [0.05, 0.1) is 43.3 Å². The second kappa shape index (κ2) is 11.7. The van der Waals surface area contributed by atoms with Crippen molar-refractivity contribution in [1.82, 2.24) is 0 Å². The molecule has 0 spiro atoms. The Hall–Kier alpha value is -3.75. The van der Waals surface area contributed by atoms with Crippen LogP contribution in [0.4, 0.5) is 0 Å². The summed E-state index contributed by atoms with van der Waals surface area (Å²) >= 11 is 1.34. The molecule has 17 heteroatoms. The van der Waals surface area contributed by atoms with E-state index < -0.39 is 72.3 Å². The van der Waals surface area contributed by atoms with Gasteiger partial charge in [0.25, 0.3) is 0 Å². The molecular formula is C32H35N3O13S. The number of aliphatic hydroxyl groups excluding tert-OH is 2. The molecule has 9 N–H and O–H groups in total. The molecule has 0 radical (unpaired) electrons. The van der Waals surface area contributed by atoms with Crippen molar-refractivity contribution in [1.29, 1.82) is 0 Å². The molecule has 16 nitrogen and oxygen atoms in total. The smallest absolute Gasteiger partial charge is 0.312 e. The third-order valence-corrected chi connectivity index (χ3v) is 10.8. The van der Waals surface area contributed by atoms with Gasteiger partial charge in [-0.15, -0.1) is 11.3 Å². The van der Waals surface area contributed by atoms with Gasteiger partial charge in [-0.3, -0.25) is 16.3 Å². The van der Waals surface area contributed by atoms with E-state index in [4.69, 9.17) is 59.8 Å². The van der Waals surface area contributed by atoms with E-state index in [0.29, 0.717) is 33.1 Å². The van der Waals surface area contributed by atoms with E-state index in [2.05, 4.69) is 0 Å². The van der Waals surface area contributed by atoms with E-state index in [1.807, 2.05) is 5.38 Å². The molecule has 3 aromatic rings. The van der Waals surface area contributed by atoms with Crippen LogP contribution in [-0.4, -0.2) is 85.5 Å². The lowest BCUT2D eigenvalue weighted by Crippen LogP contribution is -2.75. The van der Waals surface area contributed by atoms with Crippen LogP contribution in [0.3, 0.4) is 0 Å². The van der Waals surface area contributed by atoms with Gasteiger partial charge in [-0.05, 0) is 52.4 Å². The van der Waals surface area contributed by atoms with E-state index >= 15 is 0 Å². The summed E-state index contributed by atoms with van der Waals surface area (Å²) in [5.74, 6) is -3.77. The number of aliphatic hydroxyl groups is 2. The number of nitrogens with two attached hydrogens (primary N) is 3. The van der Waals surface area contributed by atoms with Crippen LogP contribution in [0.5, 0.6) is 28.7 Å². The highest BCUT2D eigenvalue weighted by molar-refractivity contribution is 7.10. The van der Waals surface area contributed by atoms with Crippen LogP contribution in [0.1, 0.15) is 34.0 Å². The number of benzene rings is 2. The number of carbonyl (C=O) groups excluding carboxylic acids is 1. The lowest BCUT2D eigenvalue weighted by molar-refractivity contribution is -0.407. The van der Waals surface area contributed by atoms with Crippen molar-refractivity contribution in [2.45, 2.75) is 54.5 Å². The number of thiophene rings is 1. The Kier molecular flexibility index (Phi) is 7.72. The first-order valence-electron chi connectivity index (χ1n) is 15.4. The van der Waals surface area contributed by atoms with E-state index in [9.17, 15) is 20.1 Å². The van der Waals surface area contributed by atoms with Crippen molar-refractivity contribution in [2.24, 2.45) is 29.0 Å². The summed E-state index contributed by atoms with van der Waals surface area (Å²) in [6.07, 6.45) is -9.24. The van der Waals surface area contributed by atoms with Crippen molar-refractivity contribution in [3.63, 3.8) is 0 Å². The fraction of sp³-hybridized carbons (Fsp3) is 0.469. The molecule has 3 fully saturated rings. The van der Waals surface area contributed by atoms with Gasteiger partial charge >= 0.3 is 5.97 Å². The zero-order valence-corrected chi connectivity index (χ0v) is 27.0. The summed E-state index contributed by atoms with van der Waals surface area (Å²) < 4.78 is 52.3. The summed E-state index contributed by atoms with van der Waals surface area (Å²) in [5, 5.41) is 35.2. The van der Waals surface area contributed by atoms with Crippen LogP contribution >= 0.6 is 11.3 Å². The molecule has 3 saturated heterocycles. The lowest BCUT2D eigenvalue weighted by atomic mass is 9.61. The summed E-state index contributed by atoms with van der Waals surface area (Å²) in [5.41, 5.74) is 19.7. The monoisotopic (exact) mass is 701 g/mol. The Morgan fingerprint density at radius 3 is 2.35 bits per heavy atom. The van der Waals surface area contributed by atoms with E-state index in [-0.39, 0.29) is 30.6 Å². The van der Waals surface area contributed by atoms with Gasteiger partial charge in [0.1, 0.15) is 24.4 Å². The molecule has 8 rings (SSSR count). The highest BCUT2D eigenvalue weighted by atomic mass is 32.1. The number of hydrogen-bond acceptors (Lipinski definition) is 17. The molecule has 4 aliphatic heterocycles. The fourth-order valence-corrected chi connectivity index (χ4v) is 8.18. The van der Waals surface area contributed by atoms with Crippen molar-refractivity contribution in [3.8, 4) is 28.7 Å². The number of phenolic OH excluding ortho intramolecular Hbond substituents is 1. The van der Waals surface area contributed by atoms with Crippen molar-refractivity contribution in [2.75, 3.05) is 27.6 Å². The van der Waals surface area contributed by atoms with Gasteiger partial charge in [0.15, 0.2) is 35.6 Å². The van der Waals surface area contributed by atoms with Crippen molar-refractivity contribution >= 4 is 17.3 Å². The molecule has 5 heterocycles. The zero-order chi connectivity index (χ0) is 34.4. The normalized spacial score (nSPS) is 35.6. The zero-order valence-electron chi connectivity index (χ0n) is 26.2. The number of fused-ring (bicyclic) bond motifs is 4. The number of ether oxygens (including phenoxy) is 9. The van der Waals surface area contributed by atoms with Gasteiger partial charge in [-0.1, -0.05) is 6.07 Å². The molecular weight excluding hydrogens is 666 g/mol. The van der Waals surface area contributed by atoms with Crippen LogP contribution in [0, 0.1) is 11.8 Å². The lowest BCUT2D eigenvalue weighted by Gasteiger charge is -2.53. The first-order valence-corrected chi connectivity index (χ1v) is 16.3.